The van der Waals surface area contributed by atoms with Gasteiger partial charge in [-0.05, 0) is 37.8 Å². The Morgan fingerprint density at radius 1 is 1.30 bits per heavy atom. The second-order valence-electron chi connectivity index (χ2n) is 6.82. The van der Waals surface area contributed by atoms with E-state index in [2.05, 4.69) is 0 Å². The van der Waals surface area contributed by atoms with Crippen molar-refractivity contribution in [2.75, 3.05) is 20.8 Å². The first-order valence-corrected chi connectivity index (χ1v) is 8.33. The number of hydrogen-bond donors (Lipinski definition) is 0. The van der Waals surface area contributed by atoms with Gasteiger partial charge in [-0.3, -0.25) is 4.79 Å². The zero-order chi connectivity index (χ0) is 16.0. The topological polar surface area (TPSA) is 48.0 Å². The minimum absolute atomic E-state index is 0.0549. The van der Waals surface area contributed by atoms with Crippen LogP contribution in [0.3, 0.4) is 0 Å². The van der Waals surface area contributed by atoms with Crippen LogP contribution in [0.1, 0.15) is 31.2 Å². The van der Waals surface area contributed by atoms with Crippen LogP contribution in [0.15, 0.2) is 18.2 Å². The quantitative estimate of drug-likeness (QED) is 0.855. The summed E-state index contributed by atoms with van der Waals surface area (Å²) in [5.41, 5.74) is 0.865. The highest BCUT2D eigenvalue weighted by Gasteiger charge is 2.58. The van der Waals surface area contributed by atoms with Crippen molar-refractivity contribution in [3.8, 4) is 11.5 Å². The molecule has 124 valence electrons. The van der Waals surface area contributed by atoms with E-state index in [0.29, 0.717) is 12.6 Å². The highest BCUT2D eigenvalue weighted by Crippen LogP contribution is 2.52. The van der Waals surface area contributed by atoms with Crippen molar-refractivity contribution in [1.29, 1.82) is 0 Å². The molecule has 2 bridgehead atoms. The highest BCUT2D eigenvalue weighted by atomic mass is 16.5. The second kappa shape index (κ2) is 5.41. The lowest BCUT2D eigenvalue weighted by molar-refractivity contribution is -0.149. The molecule has 1 aromatic rings. The molecule has 1 amide bonds. The molecule has 0 N–H and O–H groups in total. The summed E-state index contributed by atoms with van der Waals surface area (Å²) in [6, 6.07) is 5.76. The Morgan fingerprint density at radius 2 is 2.17 bits per heavy atom. The third-order valence-electron chi connectivity index (χ3n) is 5.69. The lowest BCUT2D eigenvalue weighted by Gasteiger charge is -2.41. The predicted octanol–water partition coefficient (Wildman–Crippen LogP) is 2.37. The average molecular weight is 317 g/mol. The lowest BCUT2D eigenvalue weighted by Crippen LogP contribution is -2.53. The zero-order valence-electron chi connectivity index (χ0n) is 13.7. The molecule has 1 spiro atoms. The monoisotopic (exact) mass is 317 g/mol. The molecule has 3 fully saturated rings. The van der Waals surface area contributed by atoms with Crippen molar-refractivity contribution in [1.82, 2.24) is 4.90 Å². The summed E-state index contributed by atoms with van der Waals surface area (Å²) in [6.07, 6.45) is 4.33. The molecule has 0 saturated carbocycles. The molecule has 0 aliphatic carbocycles. The summed E-state index contributed by atoms with van der Waals surface area (Å²) >= 11 is 0. The second-order valence-corrected chi connectivity index (χ2v) is 6.82. The van der Waals surface area contributed by atoms with Crippen molar-refractivity contribution < 1.29 is 19.0 Å². The number of rotatable bonds is 4. The average Bonchev–Trinajstić information content (AvgIpc) is 3.16. The number of nitrogens with zero attached hydrogens (tertiary/aromatic N) is 1. The van der Waals surface area contributed by atoms with E-state index in [0.717, 1.165) is 49.3 Å². The first-order chi connectivity index (χ1) is 11.1. The molecule has 23 heavy (non-hydrogen) atoms. The van der Waals surface area contributed by atoms with E-state index >= 15 is 0 Å². The van der Waals surface area contributed by atoms with E-state index in [1.54, 1.807) is 14.2 Å². The van der Waals surface area contributed by atoms with E-state index in [4.69, 9.17) is 14.2 Å². The molecule has 3 aliphatic rings. The molecular weight excluding hydrogens is 294 g/mol. The van der Waals surface area contributed by atoms with Gasteiger partial charge in [-0.15, -0.1) is 0 Å². The number of fused-ring (bicyclic) bond motifs is 1. The van der Waals surface area contributed by atoms with Crippen LogP contribution < -0.4 is 9.47 Å². The Morgan fingerprint density at radius 3 is 2.91 bits per heavy atom. The minimum Gasteiger partial charge on any atom is -0.497 e. The van der Waals surface area contributed by atoms with Crippen LogP contribution in [0, 0.1) is 5.92 Å². The van der Waals surface area contributed by atoms with Gasteiger partial charge in [0.25, 0.3) is 0 Å². The number of amides is 1. The fourth-order valence-corrected chi connectivity index (χ4v) is 4.44. The van der Waals surface area contributed by atoms with Gasteiger partial charge in [-0.1, -0.05) is 0 Å². The van der Waals surface area contributed by atoms with Gasteiger partial charge >= 0.3 is 0 Å². The van der Waals surface area contributed by atoms with Crippen LogP contribution in [0.2, 0.25) is 0 Å². The molecule has 3 saturated heterocycles. The van der Waals surface area contributed by atoms with Gasteiger partial charge in [-0.2, -0.15) is 0 Å². The number of piperidine rings is 1. The third-order valence-corrected chi connectivity index (χ3v) is 5.69. The third kappa shape index (κ3) is 2.29. The Labute approximate surface area is 136 Å². The Balaban J connectivity index is 1.53. The number of carbonyl (C=O) groups is 1. The number of methoxy groups -OCH3 is 2. The van der Waals surface area contributed by atoms with Gasteiger partial charge in [0, 0.05) is 24.7 Å². The highest BCUT2D eigenvalue weighted by molar-refractivity contribution is 5.82. The van der Waals surface area contributed by atoms with Gasteiger partial charge in [0.05, 0.1) is 31.8 Å². The van der Waals surface area contributed by atoms with Gasteiger partial charge in [0.1, 0.15) is 11.5 Å². The summed E-state index contributed by atoms with van der Waals surface area (Å²) in [6.45, 7) is 1.35. The van der Waals surface area contributed by atoms with Crippen LogP contribution in [-0.4, -0.2) is 43.3 Å². The largest absolute Gasteiger partial charge is 0.497 e. The summed E-state index contributed by atoms with van der Waals surface area (Å²) in [5.74, 6) is 1.83. The van der Waals surface area contributed by atoms with E-state index in [1.165, 1.54) is 0 Å². The van der Waals surface area contributed by atoms with Crippen molar-refractivity contribution in [2.45, 2.75) is 43.9 Å². The molecule has 4 rings (SSSR count). The summed E-state index contributed by atoms with van der Waals surface area (Å²) in [5, 5.41) is 0. The first kappa shape index (κ1) is 14.8. The van der Waals surface area contributed by atoms with E-state index < -0.39 is 0 Å². The predicted molar refractivity (Wildman–Crippen MR) is 84.5 cm³/mol. The molecule has 0 unspecified atom stereocenters. The number of hydrogen-bond acceptors (Lipinski definition) is 4. The number of benzene rings is 1. The van der Waals surface area contributed by atoms with Crippen LogP contribution in [0.25, 0.3) is 0 Å². The Kier molecular flexibility index (Phi) is 3.48. The fraction of sp³-hybridized carbons (Fsp3) is 0.611. The zero-order valence-corrected chi connectivity index (χ0v) is 13.7. The van der Waals surface area contributed by atoms with Gasteiger partial charge in [0.2, 0.25) is 5.91 Å². The van der Waals surface area contributed by atoms with Gasteiger partial charge < -0.3 is 19.1 Å². The fourth-order valence-electron chi connectivity index (χ4n) is 4.44. The molecule has 1 aromatic carbocycles. The number of likely N-dealkylation sites (tertiary alicyclic amines) is 1. The maximum atomic E-state index is 12.9. The molecule has 3 heterocycles. The standard InChI is InChI=1S/C18H23NO4/c1-21-13-4-3-12(16(10-13)22-2)11-19-8-7-18-6-5-14(23-18)9-15(18)17(19)20/h3-4,10,14-15H,5-9,11H2,1-2H3/t14-,15+,18-/m0/s1. The van der Waals surface area contributed by atoms with Crippen LogP contribution in [0.4, 0.5) is 0 Å². The summed E-state index contributed by atoms with van der Waals surface area (Å²) in [7, 11) is 3.28. The SMILES string of the molecule is COc1ccc(CN2CC[C@@]34CC[C@@H](C[C@@H]3C2=O)O4)c(OC)c1. The van der Waals surface area contributed by atoms with Gasteiger partial charge in [0.15, 0.2) is 0 Å². The summed E-state index contributed by atoms with van der Waals surface area (Å²) < 4.78 is 16.8. The van der Waals surface area contributed by atoms with Crippen molar-refractivity contribution >= 4 is 5.91 Å². The molecule has 0 radical (unpaired) electrons. The minimum atomic E-state index is -0.151. The first-order valence-electron chi connectivity index (χ1n) is 8.33. The molecule has 5 nitrogen and oxygen atoms in total. The number of carbonyl (C=O) groups excluding carboxylic acids is 1. The lowest BCUT2D eigenvalue weighted by atomic mass is 9.73. The maximum Gasteiger partial charge on any atom is 0.229 e. The normalized spacial score (nSPS) is 32.1. The molecule has 3 atom stereocenters. The number of ether oxygens (including phenoxy) is 3. The van der Waals surface area contributed by atoms with E-state index in [-0.39, 0.29) is 17.4 Å². The Hall–Kier alpha value is -1.75. The van der Waals surface area contributed by atoms with E-state index in [1.807, 2.05) is 23.1 Å². The van der Waals surface area contributed by atoms with Gasteiger partial charge in [-0.25, -0.2) is 0 Å². The summed E-state index contributed by atoms with van der Waals surface area (Å²) in [4.78, 5) is 14.9. The van der Waals surface area contributed by atoms with Crippen molar-refractivity contribution in [2.24, 2.45) is 5.92 Å². The van der Waals surface area contributed by atoms with Crippen LogP contribution in [0.5, 0.6) is 11.5 Å². The van der Waals surface area contributed by atoms with Crippen LogP contribution >= 0.6 is 0 Å². The van der Waals surface area contributed by atoms with E-state index in [9.17, 15) is 4.79 Å². The Bertz CT molecular complexity index is 631. The maximum absolute atomic E-state index is 12.9. The van der Waals surface area contributed by atoms with Crippen LogP contribution in [-0.2, 0) is 16.1 Å². The molecule has 0 aromatic heterocycles. The molecule has 5 heteroatoms. The molecule has 3 aliphatic heterocycles. The molecular formula is C18H23NO4. The van der Waals surface area contributed by atoms with Crippen molar-refractivity contribution in [3.05, 3.63) is 23.8 Å². The smallest absolute Gasteiger partial charge is 0.229 e. The van der Waals surface area contributed by atoms with Crippen molar-refractivity contribution in [3.63, 3.8) is 0 Å².